The fraction of sp³-hybridized carbons (Fsp3) is 0.167. The van der Waals surface area contributed by atoms with Crippen molar-refractivity contribution in [2.24, 2.45) is 10.9 Å². The molecule has 1 aliphatic rings. The summed E-state index contributed by atoms with van der Waals surface area (Å²) in [5.74, 6) is -3.27. The van der Waals surface area contributed by atoms with Crippen LogP contribution in [0.15, 0.2) is 17.1 Å². The first-order valence-electron chi connectivity index (χ1n) is 2.67. The van der Waals surface area contributed by atoms with Crippen LogP contribution in [0.3, 0.4) is 0 Å². The maximum atomic E-state index is 10.6. The summed E-state index contributed by atoms with van der Waals surface area (Å²) in [6, 6.07) is 0. The van der Waals surface area contributed by atoms with Crippen molar-refractivity contribution < 1.29 is 44.3 Å². The zero-order valence-corrected chi connectivity index (χ0v) is 7.98. The molecule has 0 aliphatic carbocycles. The van der Waals surface area contributed by atoms with Crippen molar-refractivity contribution >= 4 is 18.1 Å². The first-order chi connectivity index (χ1) is 4.72. The van der Waals surface area contributed by atoms with E-state index in [1.165, 1.54) is 18.4 Å². The molecular formula is C6H4NNaO3. The molecule has 1 heterocycles. The van der Waals surface area contributed by atoms with E-state index in [4.69, 9.17) is 0 Å². The topological polar surface area (TPSA) is 69.6 Å². The minimum absolute atomic E-state index is 0. The molecule has 0 fully saturated rings. The number of carboxylic acids is 1. The predicted molar refractivity (Wildman–Crippen MR) is 31.1 cm³/mol. The molecule has 0 saturated carbocycles. The van der Waals surface area contributed by atoms with Gasteiger partial charge >= 0.3 is 29.6 Å². The van der Waals surface area contributed by atoms with E-state index >= 15 is 0 Å². The minimum atomic E-state index is -1.40. The summed E-state index contributed by atoms with van der Waals surface area (Å²) in [6.07, 6.45) is 3.90. The van der Waals surface area contributed by atoms with E-state index < -0.39 is 17.8 Å². The summed E-state index contributed by atoms with van der Waals surface area (Å²) in [7, 11) is 0. The van der Waals surface area contributed by atoms with E-state index in [1.807, 2.05) is 0 Å². The SMILES string of the molecule is O=C([O-])C1C=CC=NC1=O.[Na+]. The monoisotopic (exact) mass is 161 g/mol. The van der Waals surface area contributed by atoms with Gasteiger partial charge in [0.2, 0.25) is 0 Å². The molecule has 0 bridgehead atoms. The van der Waals surface area contributed by atoms with Crippen LogP contribution in [0.25, 0.3) is 0 Å². The summed E-state index contributed by atoms with van der Waals surface area (Å²) < 4.78 is 0. The van der Waals surface area contributed by atoms with Gasteiger partial charge in [0.25, 0.3) is 5.91 Å². The van der Waals surface area contributed by atoms with E-state index in [0.29, 0.717) is 0 Å². The molecule has 4 nitrogen and oxygen atoms in total. The molecule has 1 atom stereocenters. The van der Waals surface area contributed by atoms with Crippen LogP contribution in [-0.2, 0) is 9.59 Å². The second-order valence-corrected chi connectivity index (χ2v) is 1.80. The smallest absolute Gasteiger partial charge is 0.549 e. The number of allylic oxidation sites excluding steroid dienone is 1. The Morgan fingerprint density at radius 1 is 1.64 bits per heavy atom. The maximum absolute atomic E-state index is 10.6. The molecule has 1 unspecified atom stereocenters. The third kappa shape index (κ3) is 2.57. The molecule has 0 radical (unpaired) electrons. The molecule has 0 saturated heterocycles. The molecule has 11 heavy (non-hydrogen) atoms. The third-order valence-electron chi connectivity index (χ3n) is 1.11. The Morgan fingerprint density at radius 3 is 2.64 bits per heavy atom. The Kier molecular flexibility index (Phi) is 4.25. The molecule has 1 rings (SSSR count). The van der Waals surface area contributed by atoms with E-state index in [-0.39, 0.29) is 29.6 Å². The summed E-state index contributed by atoms with van der Waals surface area (Å²) >= 11 is 0. The summed E-state index contributed by atoms with van der Waals surface area (Å²) in [4.78, 5) is 23.9. The number of rotatable bonds is 1. The molecule has 0 aromatic heterocycles. The largest absolute Gasteiger partial charge is 1.00 e. The van der Waals surface area contributed by atoms with Crippen LogP contribution < -0.4 is 34.7 Å². The van der Waals surface area contributed by atoms with Crippen molar-refractivity contribution in [2.45, 2.75) is 0 Å². The Morgan fingerprint density at radius 2 is 2.27 bits per heavy atom. The van der Waals surface area contributed by atoms with Gasteiger partial charge in [0.15, 0.2) is 0 Å². The second-order valence-electron chi connectivity index (χ2n) is 1.80. The molecule has 52 valence electrons. The average Bonchev–Trinajstić information content (AvgIpc) is 1.88. The van der Waals surface area contributed by atoms with E-state index in [0.717, 1.165) is 0 Å². The molecular weight excluding hydrogens is 157 g/mol. The minimum Gasteiger partial charge on any atom is -0.549 e. The summed E-state index contributed by atoms with van der Waals surface area (Å²) in [6.45, 7) is 0. The molecule has 0 spiro atoms. The summed E-state index contributed by atoms with van der Waals surface area (Å²) in [5, 5.41) is 10.1. The number of dihydropyridines is 1. The van der Waals surface area contributed by atoms with Crippen LogP contribution in [0.2, 0.25) is 0 Å². The fourth-order valence-corrected chi connectivity index (χ4v) is 0.619. The number of amides is 1. The molecule has 1 amide bonds. The molecule has 1 aliphatic heterocycles. The van der Waals surface area contributed by atoms with Crippen molar-refractivity contribution in [3.05, 3.63) is 12.2 Å². The van der Waals surface area contributed by atoms with Crippen LogP contribution >= 0.6 is 0 Å². The summed E-state index contributed by atoms with van der Waals surface area (Å²) in [5.41, 5.74) is 0. The van der Waals surface area contributed by atoms with Gasteiger partial charge < -0.3 is 9.90 Å². The van der Waals surface area contributed by atoms with Gasteiger partial charge in [-0.3, -0.25) is 4.79 Å². The normalized spacial score (nSPS) is 21.1. The Bertz CT molecular complexity index is 234. The van der Waals surface area contributed by atoms with E-state index in [9.17, 15) is 14.7 Å². The quantitative estimate of drug-likeness (QED) is 0.287. The van der Waals surface area contributed by atoms with E-state index in [2.05, 4.69) is 4.99 Å². The van der Waals surface area contributed by atoms with E-state index in [1.54, 1.807) is 0 Å². The number of carbonyl (C=O) groups excluding carboxylic acids is 2. The van der Waals surface area contributed by atoms with Gasteiger partial charge in [0.1, 0.15) is 0 Å². The van der Waals surface area contributed by atoms with Crippen molar-refractivity contribution in [3.8, 4) is 0 Å². The van der Waals surface area contributed by atoms with Crippen LogP contribution in [-0.4, -0.2) is 18.1 Å². The first-order valence-corrected chi connectivity index (χ1v) is 2.67. The van der Waals surface area contributed by atoms with Crippen molar-refractivity contribution in [1.82, 2.24) is 0 Å². The van der Waals surface area contributed by atoms with Crippen molar-refractivity contribution in [2.75, 3.05) is 0 Å². The van der Waals surface area contributed by atoms with Gasteiger partial charge in [-0.05, 0) is 6.08 Å². The number of aliphatic carboxylic acids is 1. The van der Waals surface area contributed by atoms with Gasteiger partial charge in [0, 0.05) is 6.21 Å². The van der Waals surface area contributed by atoms with Crippen LogP contribution in [0.5, 0.6) is 0 Å². The predicted octanol–water partition coefficient (Wildman–Crippen LogP) is -4.48. The van der Waals surface area contributed by atoms with Crippen molar-refractivity contribution in [3.63, 3.8) is 0 Å². The number of carboxylic acid groups (broad SMARTS) is 1. The van der Waals surface area contributed by atoms with Gasteiger partial charge in [-0.2, -0.15) is 0 Å². The third-order valence-corrected chi connectivity index (χ3v) is 1.11. The van der Waals surface area contributed by atoms with Crippen molar-refractivity contribution in [1.29, 1.82) is 0 Å². The maximum Gasteiger partial charge on any atom is 1.00 e. The number of nitrogens with zero attached hydrogens (tertiary/aromatic N) is 1. The number of hydrogen-bond donors (Lipinski definition) is 0. The fourth-order valence-electron chi connectivity index (χ4n) is 0.619. The second kappa shape index (κ2) is 4.43. The van der Waals surface area contributed by atoms with Gasteiger partial charge in [0.05, 0.1) is 11.9 Å². The zero-order chi connectivity index (χ0) is 7.56. The Labute approximate surface area is 85.3 Å². The average molecular weight is 161 g/mol. The van der Waals surface area contributed by atoms with Gasteiger partial charge in [-0.25, -0.2) is 4.99 Å². The number of aliphatic imine (C=N–C) groups is 1. The zero-order valence-electron chi connectivity index (χ0n) is 5.98. The van der Waals surface area contributed by atoms with Crippen LogP contribution in [0.1, 0.15) is 0 Å². The standard InChI is InChI=1S/C6H5NO3.Na/c8-5-4(6(9)10)2-1-3-7-5;/h1-4H,(H,9,10);/q;+1/p-1. The van der Waals surface area contributed by atoms with Crippen LogP contribution in [0, 0.1) is 5.92 Å². The van der Waals surface area contributed by atoms with Gasteiger partial charge in [-0.15, -0.1) is 0 Å². The molecule has 0 aromatic rings. The van der Waals surface area contributed by atoms with Gasteiger partial charge in [-0.1, -0.05) is 6.08 Å². The molecule has 5 heteroatoms. The molecule has 0 aromatic carbocycles. The molecule has 0 N–H and O–H groups in total. The van der Waals surface area contributed by atoms with Crippen LogP contribution in [0.4, 0.5) is 0 Å². The number of carbonyl (C=O) groups is 2. The Hall–Kier alpha value is -0.450. The first kappa shape index (κ1) is 10.6. The number of hydrogen-bond acceptors (Lipinski definition) is 3. The Balaban J connectivity index is 0.000001000.